The largest absolute Gasteiger partial charge is 0.508 e. The van der Waals surface area contributed by atoms with Crippen LogP contribution in [0.1, 0.15) is 40.0 Å². The number of aromatic nitrogens is 3. The third-order valence-corrected chi connectivity index (χ3v) is 5.63. The van der Waals surface area contributed by atoms with E-state index < -0.39 is 0 Å². The lowest BCUT2D eigenvalue weighted by Gasteiger charge is -2.24. The van der Waals surface area contributed by atoms with Gasteiger partial charge in [0, 0.05) is 24.6 Å². The molecule has 1 aliphatic heterocycles. The Morgan fingerprint density at radius 2 is 2.03 bits per heavy atom. The molecule has 2 aromatic carbocycles. The molecule has 0 radical (unpaired) electrons. The molecule has 1 aromatic heterocycles. The van der Waals surface area contributed by atoms with Gasteiger partial charge in [-0.1, -0.05) is 29.5 Å². The number of carbonyl (C=O) groups excluding carboxylic acids is 2. The quantitative estimate of drug-likeness (QED) is 0.427. The molecule has 1 amide bonds. The minimum Gasteiger partial charge on any atom is -0.508 e. The van der Waals surface area contributed by atoms with Gasteiger partial charge in [-0.2, -0.15) is 0 Å². The summed E-state index contributed by atoms with van der Waals surface area (Å²) >= 11 is 0. The molecule has 1 N–H and O–H groups in total. The van der Waals surface area contributed by atoms with Crippen molar-refractivity contribution in [1.82, 2.24) is 19.9 Å². The molecule has 7 heteroatoms. The van der Waals surface area contributed by atoms with E-state index in [0.29, 0.717) is 25.8 Å². The van der Waals surface area contributed by atoms with Crippen molar-refractivity contribution in [2.24, 2.45) is 0 Å². The van der Waals surface area contributed by atoms with Crippen molar-refractivity contribution in [3.05, 3.63) is 83.7 Å². The Labute approximate surface area is 180 Å². The number of nitrogens with zero attached hydrogens (tertiary/aromatic N) is 4. The molecule has 0 bridgehead atoms. The zero-order valence-electron chi connectivity index (χ0n) is 17.1. The molecule has 0 spiro atoms. The van der Waals surface area contributed by atoms with E-state index in [2.05, 4.69) is 16.9 Å². The van der Waals surface area contributed by atoms with Crippen LogP contribution < -0.4 is 0 Å². The first-order chi connectivity index (χ1) is 15.1. The fourth-order valence-electron chi connectivity index (χ4n) is 4.00. The molecule has 158 valence electrons. The molecule has 2 heterocycles. The number of benzene rings is 2. The smallest absolute Gasteiger partial charge is 0.255 e. The number of carbonyl (C=O) groups is 2. The fourth-order valence-corrected chi connectivity index (χ4v) is 4.00. The number of phenolic OH excluding ortho intramolecular Hbond substituents is 1. The lowest BCUT2D eigenvalue weighted by molar-refractivity contribution is -0.108. The Morgan fingerprint density at radius 1 is 1.19 bits per heavy atom. The van der Waals surface area contributed by atoms with Gasteiger partial charge >= 0.3 is 0 Å². The first kappa shape index (κ1) is 20.5. The topological polar surface area (TPSA) is 88.3 Å². The van der Waals surface area contributed by atoms with Crippen LogP contribution in [-0.4, -0.2) is 43.2 Å². The molecule has 0 saturated heterocycles. The van der Waals surface area contributed by atoms with Crippen molar-refractivity contribution < 1.29 is 14.7 Å². The highest BCUT2D eigenvalue weighted by atomic mass is 16.3. The second-order valence-corrected chi connectivity index (χ2v) is 7.60. The zero-order valence-corrected chi connectivity index (χ0v) is 17.1. The molecule has 7 nitrogen and oxygen atoms in total. The summed E-state index contributed by atoms with van der Waals surface area (Å²) in [6, 6.07) is 12.5. The van der Waals surface area contributed by atoms with E-state index in [-0.39, 0.29) is 17.7 Å². The molecular formula is C24H24N4O3. The van der Waals surface area contributed by atoms with Crippen LogP contribution in [0.4, 0.5) is 0 Å². The van der Waals surface area contributed by atoms with E-state index in [1.807, 2.05) is 30.5 Å². The van der Waals surface area contributed by atoms with Gasteiger partial charge in [0.25, 0.3) is 5.91 Å². The lowest BCUT2D eigenvalue weighted by atomic mass is 9.99. The summed E-state index contributed by atoms with van der Waals surface area (Å²) in [5, 5.41) is 18.1. The van der Waals surface area contributed by atoms with Gasteiger partial charge < -0.3 is 14.8 Å². The van der Waals surface area contributed by atoms with Crippen LogP contribution in [0.5, 0.6) is 5.75 Å². The Hall–Kier alpha value is -3.74. The molecule has 1 aliphatic rings. The number of phenols is 1. The number of hydrogen-bond acceptors (Lipinski definition) is 5. The van der Waals surface area contributed by atoms with Gasteiger partial charge in [0.05, 0.1) is 23.6 Å². The summed E-state index contributed by atoms with van der Waals surface area (Å²) in [6.45, 7) is 4.37. The summed E-state index contributed by atoms with van der Waals surface area (Å²) in [6.07, 6.45) is 6.86. The fraction of sp³-hybridized carbons (Fsp3) is 0.250. The van der Waals surface area contributed by atoms with Crippen molar-refractivity contribution in [2.75, 3.05) is 0 Å². The van der Waals surface area contributed by atoms with Crippen molar-refractivity contribution in [1.29, 1.82) is 0 Å². The molecule has 3 aromatic rings. The van der Waals surface area contributed by atoms with Crippen molar-refractivity contribution in [2.45, 2.75) is 38.3 Å². The highest BCUT2D eigenvalue weighted by Gasteiger charge is 2.32. The number of hydrogen-bond donors (Lipinski definition) is 1. The van der Waals surface area contributed by atoms with Gasteiger partial charge in [-0.25, -0.2) is 4.68 Å². The third kappa shape index (κ3) is 4.26. The monoisotopic (exact) mass is 416 g/mol. The molecule has 0 fully saturated rings. The first-order valence-electron chi connectivity index (χ1n) is 10.3. The summed E-state index contributed by atoms with van der Waals surface area (Å²) in [4.78, 5) is 25.5. The minimum atomic E-state index is -0.153. The molecule has 1 unspecified atom stereocenters. The van der Waals surface area contributed by atoms with E-state index >= 15 is 0 Å². The number of amides is 1. The van der Waals surface area contributed by atoms with Crippen LogP contribution in [0.25, 0.3) is 5.69 Å². The van der Waals surface area contributed by atoms with Gasteiger partial charge in [0.1, 0.15) is 12.0 Å². The van der Waals surface area contributed by atoms with Crippen LogP contribution in [-0.2, 0) is 24.2 Å². The first-order valence-corrected chi connectivity index (χ1v) is 10.3. The van der Waals surface area contributed by atoms with Gasteiger partial charge in [-0.3, -0.25) is 4.79 Å². The van der Waals surface area contributed by atoms with Crippen LogP contribution >= 0.6 is 0 Å². The Balaban J connectivity index is 1.48. The Kier molecular flexibility index (Phi) is 5.93. The molecule has 0 saturated carbocycles. The molecular weight excluding hydrogens is 392 g/mol. The minimum absolute atomic E-state index is 0.0116. The zero-order chi connectivity index (χ0) is 21.8. The van der Waals surface area contributed by atoms with Crippen LogP contribution in [0.3, 0.4) is 0 Å². The van der Waals surface area contributed by atoms with Crippen LogP contribution in [0, 0.1) is 0 Å². The number of aromatic hydroxyl groups is 1. The molecule has 0 aliphatic carbocycles. The second-order valence-electron chi connectivity index (χ2n) is 7.60. The summed E-state index contributed by atoms with van der Waals surface area (Å²) in [7, 11) is 0. The lowest BCUT2D eigenvalue weighted by Crippen LogP contribution is -2.34. The summed E-state index contributed by atoms with van der Waals surface area (Å²) in [5.41, 5.74) is 4.44. The summed E-state index contributed by atoms with van der Waals surface area (Å²) in [5.74, 6) is 0.164. The maximum Gasteiger partial charge on any atom is 0.255 e. The average Bonchev–Trinajstić information content (AvgIpc) is 3.39. The third-order valence-electron chi connectivity index (χ3n) is 5.63. The van der Waals surface area contributed by atoms with E-state index in [1.165, 1.54) is 0 Å². The number of rotatable bonds is 9. The van der Waals surface area contributed by atoms with Gasteiger partial charge in [-0.05, 0) is 48.6 Å². The van der Waals surface area contributed by atoms with E-state index in [9.17, 15) is 14.7 Å². The van der Waals surface area contributed by atoms with Crippen LogP contribution in [0.2, 0.25) is 0 Å². The highest BCUT2D eigenvalue weighted by molar-refractivity contribution is 5.99. The predicted molar refractivity (Wildman–Crippen MR) is 116 cm³/mol. The maximum absolute atomic E-state index is 12.9. The SMILES string of the molecule is C=CC(CCC=O)N1Cc2c(CCc3cn(-c4cccc(O)c4)nn3)cccc2C1=O. The van der Waals surface area contributed by atoms with E-state index in [4.69, 9.17) is 0 Å². The molecule has 31 heavy (non-hydrogen) atoms. The van der Waals surface area contributed by atoms with Crippen molar-refractivity contribution in [3.8, 4) is 11.4 Å². The normalized spacial score (nSPS) is 13.8. The summed E-state index contributed by atoms with van der Waals surface area (Å²) < 4.78 is 1.64. The highest BCUT2D eigenvalue weighted by Crippen LogP contribution is 2.29. The second kappa shape index (κ2) is 8.95. The van der Waals surface area contributed by atoms with Gasteiger partial charge in [0.2, 0.25) is 0 Å². The molecule has 1 atom stereocenters. The maximum atomic E-state index is 12.9. The average molecular weight is 416 g/mol. The number of aldehydes is 1. The van der Waals surface area contributed by atoms with E-state index in [1.54, 1.807) is 33.9 Å². The van der Waals surface area contributed by atoms with Crippen molar-refractivity contribution >= 4 is 12.2 Å². The van der Waals surface area contributed by atoms with Crippen LogP contribution in [0.15, 0.2) is 61.3 Å². The van der Waals surface area contributed by atoms with Gasteiger partial charge in [-0.15, -0.1) is 11.7 Å². The number of fused-ring (bicyclic) bond motifs is 1. The van der Waals surface area contributed by atoms with E-state index in [0.717, 1.165) is 40.8 Å². The molecule has 4 rings (SSSR count). The van der Waals surface area contributed by atoms with Gasteiger partial charge in [0.15, 0.2) is 0 Å². The Bertz CT molecular complexity index is 1120. The van der Waals surface area contributed by atoms with Crippen molar-refractivity contribution in [3.63, 3.8) is 0 Å². The standard InChI is InChI=1S/C24H24N4O3/c1-2-19(8-5-13-29)27-16-23-17(6-3-10-22(23)24(27)31)11-12-18-15-28(26-25-18)20-7-4-9-21(30)14-20/h2-4,6-7,9-10,13-15,19,30H,1,5,8,11-12,16H2. The predicted octanol–water partition coefficient (Wildman–Crippen LogP) is 3.25. The number of aryl methyl sites for hydroxylation is 2. The Morgan fingerprint density at radius 3 is 2.81 bits per heavy atom.